The monoisotopic (exact) mass is 302 g/mol. The molecule has 2 aromatic heterocycles. The topological polar surface area (TPSA) is 87.0 Å². The van der Waals surface area contributed by atoms with Gasteiger partial charge in [0.1, 0.15) is 11.0 Å². The Kier molecular flexibility index (Phi) is 4.62. The zero-order valence-corrected chi connectivity index (χ0v) is 12.3. The van der Waals surface area contributed by atoms with Crippen molar-refractivity contribution < 1.29 is 8.42 Å². The molecule has 21 heavy (non-hydrogen) atoms. The quantitative estimate of drug-likeness (QED) is 0.836. The van der Waals surface area contributed by atoms with E-state index in [4.69, 9.17) is 5.26 Å². The van der Waals surface area contributed by atoms with E-state index >= 15 is 0 Å². The summed E-state index contributed by atoms with van der Waals surface area (Å²) in [4.78, 5) is 7.65. The van der Waals surface area contributed by atoms with E-state index in [1.807, 2.05) is 6.07 Å². The molecule has 0 atom stereocenters. The lowest BCUT2D eigenvalue weighted by molar-refractivity contribution is 0.423. The molecule has 0 aliphatic heterocycles. The average Bonchev–Trinajstić information content (AvgIpc) is 2.53. The van der Waals surface area contributed by atoms with Gasteiger partial charge in [0.05, 0.1) is 0 Å². The summed E-state index contributed by atoms with van der Waals surface area (Å²) in [5.41, 5.74) is 0.739. The van der Waals surface area contributed by atoms with E-state index in [9.17, 15) is 8.42 Å². The Morgan fingerprint density at radius 3 is 2.57 bits per heavy atom. The van der Waals surface area contributed by atoms with Crippen LogP contribution in [0.25, 0.3) is 0 Å². The third kappa shape index (κ3) is 3.24. The summed E-state index contributed by atoms with van der Waals surface area (Å²) in [6.07, 6.45) is 4.62. The van der Waals surface area contributed by atoms with Crippen LogP contribution in [0.1, 0.15) is 18.2 Å². The lowest BCUT2D eigenvalue weighted by atomic mass is 10.3. The Morgan fingerprint density at radius 1 is 1.24 bits per heavy atom. The molecule has 7 heteroatoms. The number of hydrogen-bond donors (Lipinski definition) is 0. The van der Waals surface area contributed by atoms with Crippen LogP contribution in [-0.2, 0) is 16.6 Å². The Hall–Kier alpha value is -2.30. The molecule has 6 nitrogen and oxygen atoms in total. The molecule has 0 N–H and O–H groups in total. The van der Waals surface area contributed by atoms with Crippen LogP contribution in [0.3, 0.4) is 0 Å². The lowest BCUT2D eigenvalue weighted by Gasteiger charge is -2.20. The number of hydrogen-bond acceptors (Lipinski definition) is 5. The molecule has 2 heterocycles. The molecule has 0 fully saturated rings. The van der Waals surface area contributed by atoms with Gasteiger partial charge < -0.3 is 0 Å². The maximum absolute atomic E-state index is 12.7. The van der Waals surface area contributed by atoms with Crippen LogP contribution in [0.15, 0.2) is 47.8 Å². The molecule has 0 amide bonds. The predicted molar refractivity (Wildman–Crippen MR) is 76.5 cm³/mol. The fourth-order valence-corrected chi connectivity index (χ4v) is 3.41. The minimum Gasteiger partial charge on any atom is -0.265 e. The Morgan fingerprint density at radius 2 is 1.95 bits per heavy atom. The predicted octanol–water partition coefficient (Wildman–Crippen LogP) is 1.56. The van der Waals surface area contributed by atoms with E-state index in [0.29, 0.717) is 6.54 Å². The second-order valence-corrected chi connectivity index (χ2v) is 6.15. The van der Waals surface area contributed by atoms with Crippen molar-refractivity contribution >= 4 is 10.0 Å². The van der Waals surface area contributed by atoms with Gasteiger partial charge in [0.15, 0.2) is 5.69 Å². The minimum absolute atomic E-state index is 0.0663. The zero-order valence-electron chi connectivity index (χ0n) is 11.5. The first-order valence-electron chi connectivity index (χ1n) is 6.33. The van der Waals surface area contributed by atoms with Gasteiger partial charge in [-0.15, -0.1) is 0 Å². The lowest BCUT2D eigenvalue weighted by Crippen LogP contribution is -2.31. The molecule has 0 saturated carbocycles. The summed E-state index contributed by atoms with van der Waals surface area (Å²) in [7, 11) is -3.76. The molecule has 0 unspecified atom stereocenters. The van der Waals surface area contributed by atoms with Crippen molar-refractivity contribution in [2.75, 3.05) is 6.54 Å². The summed E-state index contributed by atoms with van der Waals surface area (Å²) in [6.45, 7) is 2.27. The first kappa shape index (κ1) is 15.1. The van der Waals surface area contributed by atoms with Crippen LogP contribution < -0.4 is 0 Å². The standard InChI is InChI=1S/C14H14N4O2S/c1-2-18(11-12-5-8-16-9-6-12)21(19,20)14-4-3-7-17-13(14)10-15/h3-9H,2,11H2,1H3. The Bertz CT molecular complexity index is 754. The van der Waals surface area contributed by atoms with E-state index in [1.54, 1.807) is 31.5 Å². The van der Waals surface area contributed by atoms with E-state index in [-0.39, 0.29) is 17.1 Å². The average molecular weight is 302 g/mol. The molecule has 2 rings (SSSR count). The molecule has 0 radical (unpaired) electrons. The van der Waals surface area contributed by atoms with Crippen molar-refractivity contribution in [1.29, 1.82) is 5.26 Å². The van der Waals surface area contributed by atoms with Gasteiger partial charge in [-0.3, -0.25) is 4.98 Å². The summed E-state index contributed by atoms with van der Waals surface area (Å²) < 4.78 is 26.6. The van der Waals surface area contributed by atoms with Crippen LogP contribution in [0.4, 0.5) is 0 Å². The largest absolute Gasteiger partial charge is 0.265 e. The van der Waals surface area contributed by atoms with Crippen LogP contribution in [0.2, 0.25) is 0 Å². The van der Waals surface area contributed by atoms with Crippen LogP contribution >= 0.6 is 0 Å². The number of nitriles is 1. The number of sulfonamides is 1. The van der Waals surface area contributed by atoms with Crippen molar-refractivity contribution in [3.8, 4) is 6.07 Å². The first-order valence-corrected chi connectivity index (χ1v) is 7.77. The molecule has 108 valence electrons. The highest BCUT2D eigenvalue weighted by atomic mass is 32.2. The van der Waals surface area contributed by atoms with Crippen molar-refractivity contribution in [1.82, 2.24) is 14.3 Å². The van der Waals surface area contributed by atoms with E-state index < -0.39 is 10.0 Å². The third-order valence-corrected chi connectivity index (χ3v) is 4.91. The summed E-state index contributed by atoms with van der Waals surface area (Å²) >= 11 is 0. The molecule has 0 aliphatic rings. The normalized spacial score (nSPS) is 11.3. The van der Waals surface area contributed by atoms with Gasteiger partial charge in [0.2, 0.25) is 10.0 Å². The maximum atomic E-state index is 12.7. The van der Waals surface area contributed by atoms with Gasteiger partial charge in [-0.2, -0.15) is 9.57 Å². The molecule has 0 aliphatic carbocycles. The SMILES string of the molecule is CCN(Cc1ccncc1)S(=O)(=O)c1cccnc1C#N. The van der Waals surface area contributed by atoms with E-state index in [2.05, 4.69) is 9.97 Å². The number of pyridine rings is 2. The number of rotatable bonds is 5. The molecular weight excluding hydrogens is 288 g/mol. The second-order valence-electron chi connectivity index (χ2n) is 4.25. The van der Waals surface area contributed by atoms with Crippen molar-refractivity contribution in [2.24, 2.45) is 0 Å². The van der Waals surface area contributed by atoms with Crippen molar-refractivity contribution in [3.63, 3.8) is 0 Å². The summed E-state index contributed by atoms with van der Waals surface area (Å²) in [5, 5.41) is 9.02. The summed E-state index contributed by atoms with van der Waals surface area (Å²) in [6, 6.07) is 8.24. The van der Waals surface area contributed by atoms with Crippen molar-refractivity contribution in [3.05, 3.63) is 54.1 Å². The van der Waals surface area contributed by atoms with Crippen LogP contribution in [-0.4, -0.2) is 29.2 Å². The molecule has 2 aromatic rings. The number of nitrogens with zero attached hydrogens (tertiary/aromatic N) is 4. The maximum Gasteiger partial charge on any atom is 0.246 e. The zero-order chi connectivity index (χ0) is 15.3. The van der Waals surface area contributed by atoms with Crippen molar-refractivity contribution in [2.45, 2.75) is 18.4 Å². The highest BCUT2D eigenvalue weighted by Crippen LogP contribution is 2.19. The van der Waals surface area contributed by atoms with E-state index in [0.717, 1.165) is 5.56 Å². The third-order valence-electron chi connectivity index (χ3n) is 2.96. The Balaban J connectivity index is 2.39. The molecule has 0 spiro atoms. The summed E-state index contributed by atoms with van der Waals surface area (Å²) in [5.74, 6) is 0. The molecule has 0 saturated heterocycles. The van der Waals surface area contributed by atoms with Crippen LogP contribution in [0, 0.1) is 11.3 Å². The van der Waals surface area contributed by atoms with E-state index in [1.165, 1.54) is 22.6 Å². The van der Waals surface area contributed by atoms with Gasteiger partial charge in [-0.05, 0) is 29.8 Å². The minimum atomic E-state index is -3.76. The fourth-order valence-electron chi connectivity index (χ4n) is 1.88. The molecule has 0 aromatic carbocycles. The molecular formula is C14H14N4O2S. The van der Waals surface area contributed by atoms with Gasteiger partial charge in [0, 0.05) is 31.7 Å². The smallest absolute Gasteiger partial charge is 0.246 e. The highest BCUT2D eigenvalue weighted by molar-refractivity contribution is 7.89. The van der Waals surface area contributed by atoms with Gasteiger partial charge in [-0.1, -0.05) is 6.92 Å². The first-order chi connectivity index (χ1) is 10.1. The van der Waals surface area contributed by atoms with Gasteiger partial charge >= 0.3 is 0 Å². The number of aromatic nitrogens is 2. The Labute approximate surface area is 123 Å². The second kappa shape index (κ2) is 6.43. The van der Waals surface area contributed by atoms with Gasteiger partial charge in [0.25, 0.3) is 0 Å². The highest BCUT2D eigenvalue weighted by Gasteiger charge is 2.26. The fraction of sp³-hybridized carbons (Fsp3) is 0.214. The molecule has 0 bridgehead atoms. The van der Waals surface area contributed by atoms with Crippen LogP contribution in [0.5, 0.6) is 0 Å². The van der Waals surface area contributed by atoms with Gasteiger partial charge in [-0.25, -0.2) is 13.4 Å².